The van der Waals surface area contributed by atoms with Gasteiger partial charge in [0.15, 0.2) is 5.69 Å². The van der Waals surface area contributed by atoms with Crippen LogP contribution in [0.2, 0.25) is 0 Å². The van der Waals surface area contributed by atoms with E-state index >= 15 is 0 Å². The molecule has 6 heteroatoms. The van der Waals surface area contributed by atoms with Crippen molar-refractivity contribution in [1.29, 1.82) is 0 Å². The standard InChI is InChI=1S/C10H14F2N2O2/c1-4-16-10(15)9-6(2)7(3)14(13-9)5-8(11)12/h8H,4-5H2,1-3H3. The largest absolute Gasteiger partial charge is 0.461 e. The summed E-state index contributed by atoms with van der Waals surface area (Å²) in [4.78, 5) is 11.4. The Balaban J connectivity index is 2.99. The monoisotopic (exact) mass is 232 g/mol. The van der Waals surface area contributed by atoms with Gasteiger partial charge in [0.2, 0.25) is 0 Å². The van der Waals surface area contributed by atoms with Crippen molar-refractivity contribution in [3.8, 4) is 0 Å². The van der Waals surface area contributed by atoms with Crippen LogP contribution in [0, 0.1) is 13.8 Å². The number of nitrogens with zero attached hydrogens (tertiary/aromatic N) is 2. The Bertz CT molecular complexity index is 388. The second-order valence-electron chi connectivity index (χ2n) is 3.35. The van der Waals surface area contributed by atoms with Crippen LogP contribution in [0.1, 0.15) is 28.7 Å². The first-order valence-corrected chi connectivity index (χ1v) is 4.96. The number of hydrogen-bond acceptors (Lipinski definition) is 3. The highest BCUT2D eigenvalue weighted by atomic mass is 19.3. The lowest BCUT2D eigenvalue weighted by Gasteiger charge is -2.02. The maximum atomic E-state index is 12.2. The van der Waals surface area contributed by atoms with Gasteiger partial charge in [-0.3, -0.25) is 4.68 Å². The average Bonchev–Trinajstić information content (AvgIpc) is 2.46. The summed E-state index contributed by atoms with van der Waals surface area (Å²) < 4.78 is 30.3. The van der Waals surface area contributed by atoms with Crippen molar-refractivity contribution in [3.05, 3.63) is 17.0 Å². The van der Waals surface area contributed by atoms with E-state index in [4.69, 9.17) is 4.74 Å². The molecule has 0 fully saturated rings. The first-order chi connectivity index (χ1) is 7.47. The molecule has 0 radical (unpaired) electrons. The highest BCUT2D eigenvalue weighted by Crippen LogP contribution is 2.14. The summed E-state index contributed by atoms with van der Waals surface area (Å²) in [5, 5.41) is 3.83. The molecule has 90 valence electrons. The Hall–Kier alpha value is -1.46. The summed E-state index contributed by atoms with van der Waals surface area (Å²) in [6.45, 7) is 4.71. The molecule has 1 aromatic rings. The van der Waals surface area contributed by atoms with Gasteiger partial charge in [0.1, 0.15) is 6.54 Å². The number of alkyl halides is 2. The number of halogens is 2. The maximum absolute atomic E-state index is 12.2. The molecule has 0 atom stereocenters. The van der Waals surface area contributed by atoms with Crippen molar-refractivity contribution in [2.75, 3.05) is 6.61 Å². The van der Waals surface area contributed by atoms with Crippen molar-refractivity contribution in [3.63, 3.8) is 0 Å². The smallest absolute Gasteiger partial charge is 0.359 e. The molecule has 0 N–H and O–H groups in total. The second kappa shape index (κ2) is 5.05. The van der Waals surface area contributed by atoms with Crippen LogP contribution in [0.15, 0.2) is 0 Å². The van der Waals surface area contributed by atoms with Crippen LogP contribution in [0.3, 0.4) is 0 Å². The van der Waals surface area contributed by atoms with Gasteiger partial charge in [0, 0.05) is 11.3 Å². The van der Waals surface area contributed by atoms with Gasteiger partial charge in [-0.05, 0) is 20.8 Å². The molecule has 0 unspecified atom stereocenters. The molecule has 0 amide bonds. The number of aromatic nitrogens is 2. The van der Waals surface area contributed by atoms with Crippen molar-refractivity contribution in [1.82, 2.24) is 9.78 Å². The normalized spacial score (nSPS) is 10.9. The Morgan fingerprint density at radius 2 is 2.12 bits per heavy atom. The zero-order chi connectivity index (χ0) is 12.3. The predicted molar refractivity (Wildman–Crippen MR) is 53.7 cm³/mol. The first kappa shape index (κ1) is 12.6. The molecule has 0 aliphatic rings. The topological polar surface area (TPSA) is 44.1 Å². The second-order valence-corrected chi connectivity index (χ2v) is 3.35. The minimum atomic E-state index is -2.49. The predicted octanol–water partition coefficient (Wildman–Crippen LogP) is 1.94. The van der Waals surface area contributed by atoms with E-state index in [9.17, 15) is 13.6 Å². The van der Waals surface area contributed by atoms with Gasteiger partial charge in [-0.25, -0.2) is 13.6 Å². The maximum Gasteiger partial charge on any atom is 0.359 e. The van der Waals surface area contributed by atoms with E-state index < -0.39 is 18.9 Å². The third-order valence-electron chi connectivity index (χ3n) is 2.29. The van der Waals surface area contributed by atoms with Gasteiger partial charge < -0.3 is 4.74 Å². The van der Waals surface area contributed by atoms with Gasteiger partial charge in [-0.1, -0.05) is 0 Å². The van der Waals surface area contributed by atoms with Crippen LogP contribution >= 0.6 is 0 Å². The van der Waals surface area contributed by atoms with E-state index in [0.29, 0.717) is 11.3 Å². The molecule has 0 bridgehead atoms. The molecule has 1 heterocycles. The molecule has 0 spiro atoms. The average molecular weight is 232 g/mol. The summed E-state index contributed by atoms with van der Waals surface area (Å²) >= 11 is 0. The fourth-order valence-corrected chi connectivity index (χ4v) is 1.34. The van der Waals surface area contributed by atoms with Crippen LogP contribution in [-0.2, 0) is 11.3 Å². The van der Waals surface area contributed by atoms with Crippen molar-refractivity contribution in [2.24, 2.45) is 0 Å². The molecule has 4 nitrogen and oxygen atoms in total. The summed E-state index contributed by atoms with van der Waals surface area (Å²) in [6.07, 6.45) is -2.49. The number of rotatable bonds is 4. The summed E-state index contributed by atoms with van der Waals surface area (Å²) in [6, 6.07) is 0. The van der Waals surface area contributed by atoms with Gasteiger partial charge in [0.25, 0.3) is 6.43 Å². The fourth-order valence-electron chi connectivity index (χ4n) is 1.34. The molecule has 0 aliphatic heterocycles. The molecule has 1 rings (SSSR count). The zero-order valence-electron chi connectivity index (χ0n) is 9.46. The Kier molecular flexibility index (Phi) is 3.98. The van der Waals surface area contributed by atoms with Crippen molar-refractivity contribution < 1.29 is 18.3 Å². The van der Waals surface area contributed by atoms with Crippen molar-refractivity contribution in [2.45, 2.75) is 33.7 Å². The van der Waals surface area contributed by atoms with Crippen LogP contribution in [-0.4, -0.2) is 28.8 Å². The highest BCUT2D eigenvalue weighted by Gasteiger charge is 2.19. The Labute approximate surface area is 92.2 Å². The Morgan fingerprint density at radius 1 is 1.50 bits per heavy atom. The van der Waals surface area contributed by atoms with Crippen LogP contribution < -0.4 is 0 Å². The van der Waals surface area contributed by atoms with Gasteiger partial charge in [-0.15, -0.1) is 0 Å². The quantitative estimate of drug-likeness (QED) is 0.745. The molecule has 16 heavy (non-hydrogen) atoms. The Morgan fingerprint density at radius 3 is 2.62 bits per heavy atom. The van der Waals surface area contributed by atoms with Gasteiger partial charge >= 0.3 is 5.97 Å². The minimum Gasteiger partial charge on any atom is -0.461 e. The first-order valence-electron chi connectivity index (χ1n) is 4.96. The molecule has 0 aliphatic carbocycles. The lowest BCUT2D eigenvalue weighted by molar-refractivity contribution is 0.0515. The van der Waals surface area contributed by atoms with Gasteiger partial charge in [0.05, 0.1) is 6.61 Å². The van der Waals surface area contributed by atoms with E-state index in [2.05, 4.69) is 5.10 Å². The number of hydrogen-bond donors (Lipinski definition) is 0. The highest BCUT2D eigenvalue weighted by molar-refractivity contribution is 5.89. The van der Waals surface area contributed by atoms with Gasteiger partial charge in [-0.2, -0.15) is 5.10 Å². The number of carbonyl (C=O) groups is 1. The number of ether oxygens (including phenoxy) is 1. The van der Waals surface area contributed by atoms with Crippen LogP contribution in [0.4, 0.5) is 8.78 Å². The molecular weight excluding hydrogens is 218 g/mol. The van der Waals surface area contributed by atoms with E-state index in [1.165, 1.54) is 0 Å². The molecule has 0 saturated heterocycles. The lowest BCUT2D eigenvalue weighted by atomic mass is 10.2. The number of carbonyl (C=O) groups excluding carboxylic acids is 1. The van der Waals surface area contributed by atoms with Crippen LogP contribution in [0.5, 0.6) is 0 Å². The van der Waals surface area contributed by atoms with Crippen molar-refractivity contribution >= 4 is 5.97 Å². The molecular formula is C10H14F2N2O2. The summed E-state index contributed by atoms with van der Waals surface area (Å²) in [5.74, 6) is -0.573. The van der Waals surface area contributed by atoms with E-state index in [1.54, 1.807) is 20.8 Å². The molecule has 0 saturated carbocycles. The number of esters is 1. The third kappa shape index (κ3) is 2.56. The molecule has 0 aromatic carbocycles. The van der Waals surface area contributed by atoms with Crippen LogP contribution in [0.25, 0.3) is 0 Å². The minimum absolute atomic E-state index is 0.111. The summed E-state index contributed by atoms with van der Waals surface area (Å²) in [7, 11) is 0. The molecule has 1 aromatic heterocycles. The SMILES string of the molecule is CCOC(=O)c1nn(CC(F)F)c(C)c1C. The summed E-state index contributed by atoms with van der Waals surface area (Å²) in [5.41, 5.74) is 1.25. The third-order valence-corrected chi connectivity index (χ3v) is 2.29. The fraction of sp³-hybridized carbons (Fsp3) is 0.600. The van der Waals surface area contributed by atoms with E-state index in [1.807, 2.05) is 0 Å². The van der Waals surface area contributed by atoms with E-state index in [-0.39, 0.29) is 12.3 Å². The zero-order valence-corrected chi connectivity index (χ0v) is 9.46. The lowest BCUT2D eigenvalue weighted by Crippen LogP contribution is -2.11. The van der Waals surface area contributed by atoms with E-state index in [0.717, 1.165) is 4.68 Å².